The largest absolute Gasteiger partial charge is 0.491 e. The van der Waals surface area contributed by atoms with E-state index in [0.29, 0.717) is 5.96 Å². The normalized spacial score (nSPS) is 15.9. The van der Waals surface area contributed by atoms with Gasteiger partial charge in [0.15, 0.2) is 5.96 Å². The summed E-state index contributed by atoms with van der Waals surface area (Å²) in [5.41, 5.74) is 0.788. The first-order valence-electron chi connectivity index (χ1n) is 10.8. The number of hydrogen-bond acceptors (Lipinski definition) is 5. The van der Waals surface area contributed by atoms with Gasteiger partial charge in [-0.15, -0.1) is 24.0 Å². The van der Waals surface area contributed by atoms with Crippen LogP contribution in [0.1, 0.15) is 39.4 Å². The summed E-state index contributed by atoms with van der Waals surface area (Å²) in [6, 6.07) is 7.52. The third-order valence-electron chi connectivity index (χ3n) is 4.92. The van der Waals surface area contributed by atoms with Crippen molar-refractivity contribution in [2.75, 3.05) is 52.4 Å². The summed E-state index contributed by atoms with van der Waals surface area (Å²) in [6.45, 7) is 13.6. The Morgan fingerprint density at radius 2 is 1.94 bits per heavy atom. The van der Waals surface area contributed by atoms with Gasteiger partial charge in [-0.1, -0.05) is 12.1 Å². The molecule has 1 atom stereocenters. The molecule has 3 N–H and O–H groups in total. The average molecular weight is 547 g/mol. The van der Waals surface area contributed by atoms with Gasteiger partial charge in [-0.2, -0.15) is 0 Å². The number of halogens is 1. The van der Waals surface area contributed by atoms with Crippen LogP contribution in [-0.2, 0) is 4.79 Å². The number of aliphatic hydroxyl groups excluding tert-OH is 1. The van der Waals surface area contributed by atoms with Gasteiger partial charge in [0.1, 0.15) is 5.75 Å². The lowest BCUT2D eigenvalue weighted by Gasteiger charge is -2.34. The fourth-order valence-electron chi connectivity index (χ4n) is 3.31. The summed E-state index contributed by atoms with van der Waals surface area (Å²) < 4.78 is 5.70. The smallest absolute Gasteiger partial charge is 0.219 e. The van der Waals surface area contributed by atoms with E-state index in [4.69, 9.17) is 4.74 Å². The summed E-state index contributed by atoms with van der Waals surface area (Å²) in [5, 5.41) is 17.1. The second-order valence-electron chi connectivity index (χ2n) is 7.75. The predicted molar refractivity (Wildman–Crippen MR) is 135 cm³/mol. The SMILES string of the molecule is CCNC(=NCC(O)c1cccc(OC(C)C)c1)NCCN1CCN(C(C)=O)CC1.I. The van der Waals surface area contributed by atoms with Gasteiger partial charge in [0.25, 0.3) is 0 Å². The Morgan fingerprint density at radius 3 is 2.55 bits per heavy atom. The molecule has 8 nitrogen and oxygen atoms in total. The van der Waals surface area contributed by atoms with Crippen molar-refractivity contribution in [3.63, 3.8) is 0 Å². The highest BCUT2D eigenvalue weighted by atomic mass is 127. The number of amides is 1. The van der Waals surface area contributed by atoms with Gasteiger partial charge in [-0.3, -0.25) is 14.7 Å². The molecule has 1 aromatic rings. The quantitative estimate of drug-likeness (QED) is 0.249. The molecule has 1 aromatic carbocycles. The van der Waals surface area contributed by atoms with Crippen LogP contribution in [0, 0.1) is 0 Å². The molecule has 0 aliphatic carbocycles. The fraction of sp³-hybridized carbons (Fsp3) is 0.636. The Hall–Kier alpha value is -1.59. The van der Waals surface area contributed by atoms with Gasteiger partial charge in [0.05, 0.1) is 18.8 Å². The lowest BCUT2D eigenvalue weighted by molar-refractivity contribution is -0.130. The molecular weight excluding hydrogens is 509 g/mol. The summed E-state index contributed by atoms with van der Waals surface area (Å²) in [5.74, 6) is 1.59. The molecule has 0 saturated carbocycles. The third-order valence-corrected chi connectivity index (χ3v) is 4.92. The third kappa shape index (κ3) is 10.0. The van der Waals surface area contributed by atoms with Gasteiger partial charge in [0, 0.05) is 52.7 Å². The molecule has 1 aliphatic heterocycles. The molecule has 0 bridgehead atoms. The Balaban J connectivity index is 0.00000480. The number of aliphatic hydroxyl groups is 1. The van der Waals surface area contributed by atoms with Crippen LogP contribution in [0.4, 0.5) is 0 Å². The van der Waals surface area contributed by atoms with Crippen molar-refractivity contribution < 1.29 is 14.6 Å². The zero-order valence-corrected chi connectivity index (χ0v) is 21.5. The highest BCUT2D eigenvalue weighted by molar-refractivity contribution is 14.0. The monoisotopic (exact) mass is 547 g/mol. The standard InChI is InChI=1S/C22H37N5O3.HI/c1-5-23-22(24-9-10-26-11-13-27(14-12-26)18(4)28)25-16-21(29)19-7-6-8-20(15-19)30-17(2)3;/h6-8,15,17,21,29H,5,9-14,16H2,1-4H3,(H2,23,24,25);1H. The van der Waals surface area contributed by atoms with E-state index in [0.717, 1.165) is 57.1 Å². The molecule has 31 heavy (non-hydrogen) atoms. The number of nitrogens with one attached hydrogen (secondary N) is 2. The number of aliphatic imine (C=N–C) groups is 1. The van der Waals surface area contributed by atoms with E-state index in [1.54, 1.807) is 6.92 Å². The summed E-state index contributed by atoms with van der Waals surface area (Å²) in [4.78, 5) is 20.2. The van der Waals surface area contributed by atoms with E-state index in [1.807, 2.05) is 49.9 Å². The first kappa shape index (κ1) is 27.4. The van der Waals surface area contributed by atoms with Crippen molar-refractivity contribution in [1.82, 2.24) is 20.4 Å². The van der Waals surface area contributed by atoms with E-state index in [1.165, 1.54) is 0 Å². The lowest BCUT2D eigenvalue weighted by Crippen LogP contribution is -2.50. The van der Waals surface area contributed by atoms with Crippen LogP contribution in [0.2, 0.25) is 0 Å². The lowest BCUT2D eigenvalue weighted by atomic mass is 10.1. The number of carbonyl (C=O) groups excluding carboxylic acids is 1. The second-order valence-corrected chi connectivity index (χ2v) is 7.75. The number of ether oxygens (including phenoxy) is 1. The maximum atomic E-state index is 11.4. The van der Waals surface area contributed by atoms with Gasteiger partial charge in [-0.05, 0) is 38.5 Å². The van der Waals surface area contributed by atoms with E-state index >= 15 is 0 Å². The fourth-order valence-corrected chi connectivity index (χ4v) is 3.31. The Labute approximate surface area is 203 Å². The molecule has 2 rings (SSSR count). The Morgan fingerprint density at radius 1 is 1.23 bits per heavy atom. The summed E-state index contributed by atoms with van der Waals surface area (Å²) in [6.07, 6.45) is -0.610. The van der Waals surface area contributed by atoms with Gasteiger partial charge < -0.3 is 25.4 Å². The molecular formula is C22H38IN5O3. The Kier molecular flexibility index (Phi) is 12.8. The van der Waals surface area contributed by atoms with E-state index in [2.05, 4.69) is 20.5 Å². The molecule has 0 spiro atoms. The number of hydrogen-bond donors (Lipinski definition) is 3. The van der Waals surface area contributed by atoms with Gasteiger partial charge >= 0.3 is 0 Å². The van der Waals surface area contributed by atoms with Crippen molar-refractivity contribution >= 4 is 35.8 Å². The minimum atomic E-state index is -0.698. The molecule has 9 heteroatoms. The van der Waals surface area contributed by atoms with E-state index in [9.17, 15) is 9.90 Å². The van der Waals surface area contributed by atoms with Gasteiger partial charge in [0.2, 0.25) is 5.91 Å². The van der Waals surface area contributed by atoms with Crippen molar-refractivity contribution in [3.8, 4) is 5.75 Å². The van der Waals surface area contributed by atoms with Crippen molar-refractivity contribution in [2.45, 2.75) is 39.9 Å². The zero-order valence-electron chi connectivity index (χ0n) is 19.1. The minimum Gasteiger partial charge on any atom is -0.491 e. The number of carbonyl (C=O) groups is 1. The number of guanidine groups is 1. The number of rotatable bonds is 9. The Bertz CT molecular complexity index is 693. The molecule has 176 valence electrons. The van der Waals surface area contributed by atoms with E-state index < -0.39 is 6.10 Å². The predicted octanol–water partition coefficient (Wildman–Crippen LogP) is 1.84. The van der Waals surface area contributed by atoms with Crippen LogP contribution in [0.3, 0.4) is 0 Å². The first-order chi connectivity index (χ1) is 14.4. The van der Waals surface area contributed by atoms with Crippen molar-refractivity contribution in [1.29, 1.82) is 0 Å². The van der Waals surface area contributed by atoms with Crippen LogP contribution in [0.25, 0.3) is 0 Å². The minimum absolute atomic E-state index is 0. The zero-order chi connectivity index (χ0) is 21.9. The molecule has 1 aliphatic rings. The highest BCUT2D eigenvalue weighted by Gasteiger charge is 2.18. The number of nitrogens with zero attached hydrogens (tertiary/aromatic N) is 3. The van der Waals surface area contributed by atoms with Crippen LogP contribution < -0.4 is 15.4 Å². The molecule has 1 saturated heterocycles. The number of piperazine rings is 1. The maximum absolute atomic E-state index is 11.4. The maximum Gasteiger partial charge on any atom is 0.219 e. The second kappa shape index (κ2) is 14.5. The van der Waals surface area contributed by atoms with Crippen molar-refractivity contribution in [2.24, 2.45) is 4.99 Å². The summed E-state index contributed by atoms with van der Waals surface area (Å²) >= 11 is 0. The molecule has 1 unspecified atom stereocenters. The molecule has 0 aromatic heterocycles. The number of benzene rings is 1. The first-order valence-corrected chi connectivity index (χ1v) is 10.8. The van der Waals surface area contributed by atoms with Gasteiger partial charge in [-0.25, -0.2) is 0 Å². The van der Waals surface area contributed by atoms with Crippen molar-refractivity contribution in [3.05, 3.63) is 29.8 Å². The topological polar surface area (TPSA) is 89.4 Å². The molecule has 1 heterocycles. The molecule has 1 amide bonds. The molecule has 0 radical (unpaired) electrons. The van der Waals surface area contributed by atoms with Crippen LogP contribution in [0.15, 0.2) is 29.3 Å². The van der Waals surface area contributed by atoms with Crippen LogP contribution in [-0.4, -0.2) is 85.2 Å². The highest BCUT2D eigenvalue weighted by Crippen LogP contribution is 2.20. The van der Waals surface area contributed by atoms with E-state index in [-0.39, 0.29) is 42.5 Å². The summed E-state index contributed by atoms with van der Waals surface area (Å²) in [7, 11) is 0. The van der Waals surface area contributed by atoms with Crippen LogP contribution in [0.5, 0.6) is 5.75 Å². The molecule has 1 fully saturated rings. The van der Waals surface area contributed by atoms with Crippen LogP contribution >= 0.6 is 24.0 Å². The average Bonchev–Trinajstić information content (AvgIpc) is 2.72.